The highest BCUT2D eigenvalue weighted by Gasteiger charge is 2.52. The first-order valence-electron chi connectivity index (χ1n) is 13.5. The van der Waals surface area contributed by atoms with E-state index in [-0.39, 0.29) is 17.2 Å². The number of carboxylic acid groups (broad SMARTS) is 1. The van der Waals surface area contributed by atoms with Crippen LogP contribution in [0.1, 0.15) is 81.7 Å². The number of pyridine rings is 1. The maximum absolute atomic E-state index is 13.8. The lowest BCUT2D eigenvalue weighted by molar-refractivity contribution is -0.138. The van der Waals surface area contributed by atoms with E-state index in [0.29, 0.717) is 5.56 Å². The Morgan fingerprint density at radius 2 is 1.71 bits per heavy atom. The Balaban J connectivity index is 1.62. The predicted octanol–water partition coefficient (Wildman–Crippen LogP) is 5.89. The van der Waals surface area contributed by atoms with Crippen molar-refractivity contribution in [3.8, 4) is 22.7 Å². The molecule has 2 aromatic rings. The summed E-state index contributed by atoms with van der Waals surface area (Å²) in [4.78, 5) is 26.5. The molecule has 6 nitrogen and oxygen atoms in total. The Bertz CT molecular complexity index is 1310. The molecule has 4 aliphatic rings. The van der Waals surface area contributed by atoms with E-state index < -0.39 is 32.0 Å². The standard InChI is InChI=1S/C30H35FNO5P/c1-18(2)29-25(7-8-38(36,37)17-24(33)12-28(34)35)26(22-3-5-23(31)6-4-22)13-27(32-29)30-14-19-9-20(15-30)11-21(10-19)16-30/h3-6,13,18-21,24,33H,9-12,14-17H2,1-2H3,(H,34,35)(H,36,37)/t19?,20?,21?,24-,30?/m1/s1. The highest BCUT2D eigenvalue weighted by atomic mass is 31.2. The van der Waals surface area contributed by atoms with Gasteiger partial charge in [0.25, 0.3) is 7.37 Å². The van der Waals surface area contributed by atoms with Crippen molar-refractivity contribution < 1.29 is 28.9 Å². The van der Waals surface area contributed by atoms with Gasteiger partial charge in [-0.2, -0.15) is 0 Å². The van der Waals surface area contributed by atoms with Crippen LogP contribution >= 0.6 is 7.37 Å². The molecule has 38 heavy (non-hydrogen) atoms. The van der Waals surface area contributed by atoms with E-state index in [1.807, 2.05) is 13.8 Å². The van der Waals surface area contributed by atoms with Gasteiger partial charge in [-0.25, -0.2) is 4.39 Å². The van der Waals surface area contributed by atoms with Gasteiger partial charge in [0.05, 0.1) is 29.9 Å². The average molecular weight is 540 g/mol. The van der Waals surface area contributed by atoms with Gasteiger partial charge >= 0.3 is 5.97 Å². The van der Waals surface area contributed by atoms with Crippen LogP contribution in [-0.2, 0) is 14.8 Å². The van der Waals surface area contributed by atoms with Gasteiger partial charge in [0.1, 0.15) is 5.82 Å². The minimum absolute atomic E-state index is 0.0202. The first kappa shape index (κ1) is 27.1. The third-order valence-corrected chi connectivity index (χ3v) is 9.93. The van der Waals surface area contributed by atoms with Gasteiger partial charge in [-0.15, -0.1) is 0 Å². The molecule has 1 aromatic carbocycles. The van der Waals surface area contributed by atoms with Crippen LogP contribution in [-0.4, -0.2) is 38.3 Å². The van der Waals surface area contributed by atoms with E-state index in [1.165, 1.54) is 31.4 Å². The van der Waals surface area contributed by atoms with Crippen LogP contribution < -0.4 is 0 Å². The van der Waals surface area contributed by atoms with Gasteiger partial charge in [-0.05, 0) is 91.6 Å². The van der Waals surface area contributed by atoms with E-state index in [0.717, 1.165) is 59.5 Å². The molecule has 0 radical (unpaired) electrons. The van der Waals surface area contributed by atoms with Crippen LogP contribution in [0.15, 0.2) is 30.3 Å². The van der Waals surface area contributed by atoms with E-state index in [9.17, 15) is 23.7 Å². The summed E-state index contributed by atoms with van der Waals surface area (Å²) in [6.45, 7) is 4.03. The van der Waals surface area contributed by atoms with Gasteiger partial charge < -0.3 is 15.1 Å². The molecule has 8 heteroatoms. The Morgan fingerprint density at radius 3 is 2.24 bits per heavy atom. The van der Waals surface area contributed by atoms with E-state index in [4.69, 9.17) is 10.1 Å². The number of aliphatic carboxylic acids is 1. The number of benzene rings is 1. The molecule has 202 valence electrons. The van der Waals surface area contributed by atoms with Crippen molar-refractivity contribution in [3.63, 3.8) is 0 Å². The Labute approximate surface area is 223 Å². The molecule has 4 fully saturated rings. The third-order valence-electron chi connectivity index (χ3n) is 8.56. The maximum Gasteiger partial charge on any atom is 0.305 e. The lowest BCUT2D eigenvalue weighted by Gasteiger charge is -2.56. The van der Waals surface area contributed by atoms with Gasteiger partial charge in [0.2, 0.25) is 0 Å². The number of carboxylic acids is 1. The third kappa shape index (κ3) is 5.59. The fourth-order valence-electron chi connectivity index (χ4n) is 7.41. The SMILES string of the molecule is CC(C)c1nc(C23CC4CC(CC(C4)C2)C3)cc(-c2ccc(F)cc2)c1C#CP(=O)(O)C[C@H](O)CC(=O)O. The molecule has 2 atom stereocenters. The number of halogens is 1. The van der Waals surface area contributed by atoms with Crippen molar-refractivity contribution in [2.24, 2.45) is 17.8 Å². The van der Waals surface area contributed by atoms with E-state index in [2.05, 4.69) is 17.6 Å². The van der Waals surface area contributed by atoms with E-state index in [1.54, 1.807) is 12.1 Å². The van der Waals surface area contributed by atoms with Gasteiger partial charge in [0, 0.05) is 16.7 Å². The number of aliphatic hydroxyl groups excluding tert-OH is 1. The number of aromatic nitrogens is 1. The summed E-state index contributed by atoms with van der Waals surface area (Å²) >= 11 is 0. The Morgan fingerprint density at radius 1 is 1.13 bits per heavy atom. The molecular weight excluding hydrogens is 504 g/mol. The first-order chi connectivity index (χ1) is 17.9. The normalized spacial score (nSPS) is 28.0. The van der Waals surface area contributed by atoms with Crippen LogP contribution in [0.25, 0.3) is 11.1 Å². The maximum atomic E-state index is 13.8. The summed E-state index contributed by atoms with van der Waals surface area (Å²) in [6.07, 6.45) is 4.58. The Hall–Kier alpha value is -2.52. The van der Waals surface area contributed by atoms with Crippen molar-refractivity contribution in [3.05, 3.63) is 53.1 Å². The highest BCUT2D eigenvalue weighted by Crippen LogP contribution is 2.60. The summed E-state index contributed by atoms with van der Waals surface area (Å²) < 4.78 is 26.6. The number of aliphatic hydroxyl groups is 1. The number of rotatable bonds is 7. The molecule has 1 heterocycles. The molecule has 4 aliphatic carbocycles. The number of hydrogen-bond acceptors (Lipinski definition) is 4. The summed E-state index contributed by atoms with van der Waals surface area (Å²) in [6, 6.07) is 8.24. The fraction of sp³-hybridized carbons (Fsp3) is 0.533. The summed E-state index contributed by atoms with van der Waals surface area (Å²) in [7, 11) is -4.16. The highest BCUT2D eigenvalue weighted by molar-refractivity contribution is 7.63. The predicted molar refractivity (Wildman–Crippen MR) is 143 cm³/mol. The molecule has 0 saturated heterocycles. The summed E-state index contributed by atoms with van der Waals surface area (Å²) in [5.41, 5.74) is 6.28. The quantitative estimate of drug-likeness (QED) is 0.299. The van der Waals surface area contributed by atoms with Gasteiger partial charge in [-0.1, -0.05) is 31.9 Å². The van der Waals surface area contributed by atoms with Crippen LogP contribution in [0, 0.1) is 35.2 Å². The molecule has 4 saturated carbocycles. The number of carbonyl (C=O) groups is 1. The van der Waals surface area contributed by atoms with Crippen molar-refractivity contribution in [1.82, 2.24) is 4.98 Å². The van der Waals surface area contributed by atoms with Crippen LogP contribution in [0.2, 0.25) is 0 Å². The minimum Gasteiger partial charge on any atom is -0.481 e. The molecule has 6 rings (SSSR count). The van der Waals surface area contributed by atoms with Gasteiger partial charge in [-0.3, -0.25) is 14.3 Å². The largest absolute Gasteiger partial charge is 0.481 e. The molecule has 0 amide bonds. The average Bonchev–Trinajstić information content (AvgIpc) is 2.81. The van der Waals surface area contributed by atoms with E-state index >= 15 is 0 Å². The number of nitrogens with zero attached hydrogens (tertiary/aromatic N) is 1. The molecule has 3 N–H and O–H groups in total. The number of hydrogen-bond donors (Lipinski definition) is 3. The minimum atomic E-state index is -4.16. The summed E-state index contributed by atoms with van der Waals surface area (Å²) in [5, 5.41) is 18.8. The van der Waals surface area contributed by atoms with Gasteiger partial charge in [0.15, 0.2) is 0 Å². The molecule has 0 spiro atoms. The second-order valence-electron chi connectivity index (χ2n) is 12.0. The van der Waals surface area contributed by atoms with Crippen molar-refractivity contribution in [1.29, 1.82) is 0 Å². The lowest BCUT2D eigenvalue weighted by Crippen LogP contribution is -2.49. The molecule has 0 aliphatic heterocycles. The van der Waals surface area contributed by atoms with Crippen LogP contribution in [0.3, 0.4) is 0 Å². The molecule has 1 unspecified atom stereocenters. The monoisotopic (exact) mass is 539 g/mol. The second-order valence-corrected chi connectivity index (χ2v) is 14.0. The second kappa shape index (κ2) is 10.2. The summed E-state index contributed by atoms with van der Waals surface area (Å²) in [5.74, 6) is 3.47. The molecular formula is C30H35FNO5P. The van der Waals surface area contributed by atoms with Crippen LogP contribution in [0.5, 0.6) is 0 Å². The molecule has 1 aromatic heterocycles. The fourth-order valence-corrected chi connectivity index (χ4v) is 8.49. The molecule has 4 bridgehead atoms. The Kier molecular flexibility index (Phi) is 7.28. The van der Waals surface area contributed by atoms with Crippen LogP contribution in [0.4, 0.5) is 4.39 Å². The lowest BCUT2D eigenvalue weighted by atomic mass is 9.48. The van der Waals surface area contributed by atoms with Crippen molar-refractivity contribution >= 4 is 13.3 Å². The van der Waals surface area contributed by atoms with Crippen molar-refractivity contribution in [2.75, 3.05) is 6.16 Å². The van der Waals surface area contributed by atoms with Crippen molar-refractivity contribution in [2.45, 2.75) is 76.2 Å². The zero-order valence-electron chi connectivity index (χ0n) is 21.9. The zero-order chi connectivity index (χ0) is 27.2. The topological polar surface area (TPSA) is 108 Å². The smallest absolute Gasteiger partial charge is 0.305 e. The zero-order valence-corrected chi connectivity index (χ0v) is 22.8. The first-order valence-corrected chi connectivity index (χ1v) is 15.3.